The summed E-state index contributed by atoms with van der Waals surface area (Å²) < 4.78 is 31.4. The van der Waals surface area contributed by atoms with E-state index in [1.54, 1.807) is 43.9 Å². The Morgan fingerprint density at radius 2 is 1.58 bits per heavy atom. The number of carbonyl (C=O) groups excluding carboxylic acids is 3. The zero-order valence-corrected chi connectivity index (χ0v) is 30.6. The molecule has 2 saturated heterocycles. The molecule has 0 aliphatic carbocycles. The Bertz CT molecular complexity index is 1730. The zero-order valence-electron chi connectivity index (χ0n) is 30.6. The Morgan fingerprint density at radius 3 is 2.20 bits per heavy atom. The number of hydrogen-bond acceptors (Lipinski definition) is 8. The van der Waals surface area contributed by atoms with Crippen molar-refractivity contribution < 1.29 is 33.0 Å². The predicted molar refractivity (Wildman–Crippen MR) is 192 cm³/mol. The number of rotatable bonds is 7. The van der Waals surface area contributed by atoms with E-state index in [-0.39, 0.29) is 29.6 Å². The maximum Gasteiger partial charge on any atom is 0.410 e. The number of aromatic nitrogens is 1. The van der Waals surface area contributed by atoms with Gasteiger partial charge in [0.1, 0.15) is 17.2 Å². The summed E-state index contributed by atoms with van der Waals surface area (Å²) in [6, 6.07) is 11.6. The second-order valence-corrected chi connectivity index (χ2v) is 15.6. The largest absolute Gasteiger partial charge is 0.494 e. The summed E-state index contributed by atoms with van der Waals surface area (Å²) in [5.41, 5.74) is 2.22. The van der Waals surface area contributed by atoms with Crippen molar-refractivity contribution in [2.75, 3.05) is 43.5 Å². The number of hydrogen-bond donors (Lipinski definition) is 2. The van der Waals surface area contributed by atoms with Crippen LogP contribution in [0.15, 0.2) is 42.5 Å². The minimum atomic E-state index is -0.801. The number of nitrogens with one attached hydrogen (secondary N) is 2. The van der Waals surface area contributed by atoms with Crippen LogP contribution < -0.4 is 20.3 Å². The number of amides is 3. The van der Waals surface area contributed by atoms with E-state index in [1.807, 2.05) is 52.8 Å². The van der Waals surface area contributed by atoms with Gasteiger partial charge < -0.3 is 34.6 Å². The first-order valence-corrected chi connectivity index (χ1v) is 17.2. The van der Waals surface area contributed by atoms with Crippen LogP contribution in [0.4, 0.5) is 25.4 Å². The van der Waals surface area contributed by atoms with Gasteiger partial charge in [0.15, 0.2) is 11.6 Å². The second-order valence-electron chi connectivity index (χ2n) is 15.6. The molecule has 2 aliphatic rings. The highest BCUT2D eigenvalue weighted by molar-refractivity contribution is 5.98. The summed E-state index contributed by atoms with van der Waals surface area (Å²) >= 11 is 0. The van der Waals surface area contributed by atoms with Crippen LogP contribution in [-0.2, 0) is 14.3 Å². The van der Waals surface area contributed by atoms with E-state index in [4.69, 9.17) is 19.2 Å². The quantitative estimate of drug-likeness (QED) is 0.266. The van der Waals surface area contributed by atoms with Gasteiger partial charge in [-0.3, -0.25) is 4.79 Å². The number of carbonyl (C=O) groups is 3. The number of ether oxygens (including phenoxy) is 3. The van der Waals surface area contributed by atoms with Crippen LogP contribution >= 0.6 is 0 Å². The number of pyridine rings is 1. The molecular formula is C38H50FN5O6. The van der Waals surface area contributed by atoms with Crippen molar-refractivity contribution in [3.8, 4) is 17.0 Å². The molecule has 2 aromatic carbocycles. The number of alkyl carbamates (subject to hydrolysis) is 1. The lowest BCUT2D eigenvalue weighted by Crippen LogP contribution is -2.48. The third-order valence-corrected chi connectivity index (χ3v) is 8.92. The molecule has 2 fully saturated rings. The highest BCUT2D eigenvalue weighted by Gasteiger charge is 2.40. The Morgan fingerprint density at radius 1 is 0.920 bits per heavy atom. The third-order valence-electron chi connectivity index (χ3n) is 8.92. The van der Waals surface area contributed by atoms with Gasteiger partial charge in [-0.05, 0) is 90.0 Å². The Labute approximate surface area is 293 Å². The highest BCUT2D eigenvalue weighted by atomic mass is 19.1. The molecule has 3 aromatic rings. The summed E-state index contributed by atoms with van der Waals surface area (Å²) in [5, 5.41) is 6.25. The minimum absolute atomic E-state index is 0.106. The summed E-state index contributed by atoms with van der Waals surface area (Å²) in [6.07, 6.45) is -0.0933. The fourth-order valence-electron chi connectivity index (χ4n) is 6.55. The highest BCUT2D eigenvalue weighted by Crippen LogP contribution is 2.40. The standard InChI is InChI=1S/C38H50FN5O6/c1-22(2)33(42-35(46)49-37(3,4)5)34(45)40-26-12-10-23(11-13-26)29-17-31(27-16-28(39)32(48-9)18-30(27)41-29)44-19-24-14-15-43(20-25(24)21-44)36(47)50-38(6,7)8/h10-13,16-18,22,24-25,33H,14-15,19-21H2,1-9H3,(H,40,45)(H,42,46). The second kappa shape index (κ2) is 14.3. The first-order chi connectivity index (χ1) is 23.4. The summed E-state index contributed by atoms with van der Waals surface area (Å²) in [4.78, 5) is 47.4. The lowest BCUT2D eigenvalue weighted by Gasteiger charge is -2.35. The molecule has 0 bridgehead atoms. The van der Waals surface area contributed by atoms with Gasteiger partial charge in [-0.2, -0.15) is 0 Å². The molecule has 3 amide bonds. The van der Waals surface area contributed by atoms with Gasteiger partial charge in [-0.15, -0.1) is 0 Å². The number of methoxy groups -OCH3 is 1. The van der Waals surface area contributed by atoms with E-state index in [1.165, 1.54) is 13.2 Å². The number of likely N-dealkylation sites (tertiary alicyclic amines) is 1. The number of anilines is 2. The van der Waals surface area contributed by atoms with Crippen molar-refractivity contribution in [3.63, 3.8) is 0 Å². The molecule has 2 aliphatic heterocycles. The number of nitrogens with zero attached hydrogens (tertiary/aromatic N) is 3. The minimum Gasteiger partial charge on any atom is -0.494 e. The van der Waals surface area contributed by atoms with E-state index in [2.05, 4.69) is 15.5 Å². The average Bonchev–Trinajstić information content (AvgIpc) is 3.45. The van der Waals surface area contributed by atoms with Crippen LogP contribution in [0.2, 0.25) is 0 Å². The zero-order chi connectivity index (χ0) is 36.5. The Balaban J connectivity index is 1.38. The van der Waals surface area contributed by atoms with Gasteiger partial charge in [0.05, 0.1) is 18.3 Å². The van der Waals surface area contributed by atoms with Crippen LogP contribution in [-0.4, -0.2) is 78.5 Å². The Kier molecular flexibility index (Phi) is 10.5. The van der Waals surface area contributed by atoms with Gasteiger partial charge in [-0.25, -0.2) is 19.0 Å². The van der Waals surface area contributed by atoms with Crippen LogP contribution in [0.3, 0.4) is 0 Å². The van der Waals surface area contributed by atoms with E-state index in [0.29, 0.717) is 47.8 Å². The lowest BCUT2D eigenvalue weighted by molar-refractivity contribution is -0.119. The smallest absolute Gasteiger partial charge is 0.410 e. The molecular weight excluding hydrogens is 641 g/mol. The number of fused-ring (bicyclic) bond motifs is 2. The van der Waals surface area contributed by atoms with Gasteiger partial charge in [-0.1, -0.05) is 26.0 Å². The summed E-state index contributed by atoms with van der Waals surface area (Å²) in [7, 11) is 1.43. The average molecular weight is 692 g/mol. The predicted octanol–water partition coefficient (Wildman–Crippen LogP) is 7.23. The van der Waals surface area contributed by atoms with Crippen molar-refractivity contribution in [3.05, 3.63) is 48.3 Å². The van der Waals surface area contributed by atoms with Gasteiger partial charge in [0.25, 0.3) is 0 Å². The molecule has 0 saturated carbocycles. The number of benzene rings is 2. The summed E-state index contributed by atoms with van der Waals surface area (Å²) in [6.45, 7) is 17.3. The van der Waals surface area contributed by atoms with Crippen molar-refractivity contribution in [2.24, 2.45) is 17.8 Å². The molecule has 1 aromatic heterocycles. The van der Waals surface area contributed by atoms with Gasteiger partial charge in [0, 0.05) is 54.6 Å². The summed E-state index contributed by atoms with van der Waals surface area (Å²) in [5.74, 6) is -0.282. The van der Waals surface area contributed by atoms with Crippen molar-refractivity contribution in [1.29, 1.82) is 0 Å². The first-order valence-electron chi connectivity index (χ1n) is 17.2. The van der Waals surface area contributed by atoms with Crippen molar-refractivity contribution in [2.45, 2.75) is 79.1 Å². The number of piperidine rings is 1. The molecule has 50 heavy (non-hydrogen) atoms. The molecule has 12 heteroatoms. The molecule has 270 valence electrons. The third kappa shape index (κ3) is 8.75. The molecule has 11 nitrogen and oxygen atoms in total. The molecule has 3 heterocycles. The maximum atomic E-state index is 15.1. The molecule has 3 atom stereocenters. The SMILES string of the molecule is COc1cc2nc(-c3ccc(NC(=O)C(NC(=O)OC(C)(C)C)C(C)C)cc3)cc(N3CC4CCN(C(=O)OC(C)(C)C)CC4C3)c2cc1F. The van der Waals surface area contributed by atoms with Crippen molar-refractivity contribution >= 4 is 40.4 Å². The monoisotopic (exact) mass is 691 g/mol. The molecule has 3 unspecified atom stereocenters. The molecule has 0 radical (unpaired) electrons. The van der Waals surface area contributed by atoms with Crippen LogP contribution in [0.25, 0.3) is 22.2 Å². The van der Waals surface area contributed by atoms with E-state index >= 15 is 4.39 Å². The van der Waals surface area contributed by atoms with E-state index in [0.717, 1.165) is 24.2 Å². The van der Waals surface area contributed by atoms with Crippen LogP contribution in [0, 0.1) is 23.6 Å². The van der Waals surface area contributed by atoms with Gasteiger partial charge in [0.2, 0.25) is 5.91 Å². The topological polar surface area (TPSA) is 122 Å². The number of halogens is 1. The fourth-order valence-corrected chi connectivity index (χ4v) is 6.55. The molecule has 2 N–H and O–H groups in total. The van der Waals surface area contributed by atoms with Crippen LogP contribution in [0.5, 0.6) is 5.75 Å². The van der Waals surface area contributed by atoms with Crippen molar-refractivity contribution in [1.82, 2.24) is 15.2 Å². The van der Waals surface area contributed by atoms with E-state index in [9.17, 15) is 14.4 Å². The van der Waals surface area contributed by atoms with E-state index < -0.39 is 29.2 Å². The maximum absolute atomic E-state index is 15.1. The Hall–Kier alpha value is -4.61. The van der Waals surface area contributed by atoms with Crippen LogP contribution in [0.1, 0.15) is 61.8 Å². The normalized spacial score (nSPS) is 18.5. The fraction of sp³-hybridized carbons (Fsp3) is 0.526. The molecule has 5 rings (SSSR count). The first kappa shape index (κ1) is 36.7. The van der Waals surface area contributed by atoms with Gasteiger partial charge >= 0.3 is 12.2 Å². The lowest BCUT2D eigenvalue weighted by atomic mass is 9.89. The molecule has 0 spiro atoms.